The molecule has 0 radical (unpaired) electrons. The maximum Gasteiger partial charge on any atom is 0.220 e. The first-order chi connectivity index (χ1) is 34.8. The minimum Gasteiger partial charge on any atom is -0.394 e. The molecule has 0 aromatic carbocycles. The van der Waals surface area contributed by atoms with Gasteiger partial charge in [0, 0.05) is 6.42 Å². The number of aliphatic hydroxyl groups excluding tert-OH is 5. The summed E-state index contributed by atoms with van der Waals surface area (Å²) in [7, 11) is 0. The third-order valence-corrected chi connectivity index (χ3v) is 15.0. The van der Waals surface area contributed by atoms with Crippen molar-refractivity contribution in [1.82, 2.24) is 5.32 Å². The molecule has 6 N–H and O–H groups in total. The molecule has 0 spiro atoms. The van der Waals surface area contributed by atoms with E-state index in [9.17, 15) is 30.3 Å². The van der Waals surface area contributed by atoms with Crippen molar-refractivity contribution in [2.75, 3.05) is 13.2 Å². The summed E-state index contributed by atoms with van der Waals surface area (Å²) < 4.78 is 11.2. The van der Waals surface area contributed by atoms with Gasteiger partial charge in [-0.1, -0.05) is 295 Å². The topological polar surface area (TPSA) is 149 Å². The highest BCUT2D eigenvalue weighted by atomic mass is 16.7. The number of unbranched alkanes of at least 4 members (excludes halogenated alkanes) is 42. The van der Waals surface area contributed by atoms with Gasteiger partial charge in [0.2, 0.25) is 5.91 Å². The number of hydrogen-bond acceptors (Lipinski definition) is 8. The average Bonchev–Trinajstić information content (AvgIpc) is 3.37. The molecule has 1 heterocycles. The molecule has 1 fully saturated rings. The summed E-state index contributed by atoms with van der Waals surface area (Å²) in [6.45, 7) is 3.75. The van der Waals surface area contributed by atoms with Gasteiger partial charge in [-0.25, -0.2) is 0 Å². The zero-order valence-corrected chi connectivity index (χ0v) is 46.8. The van der Waals surface area contributed by atoms with E-state index in [0.29, 0.717) is 6.42 Å². The molecule has 1 saturated heterocycles. The second kappa shape index (κ2) is 52.1. The van der Waals surface area contributed by atoms with Crippen molar-refractivity contribution in [3.63, 3.8) is 0 Å². The molecule has 7 unspecified atom stereocenters. The van der Waals surface area contributed by atoms with Crippen LogP contribution in [0.3, 0.4) is 0 Å². The average molecular weight is 1010 g/mol. The van der Waals surface area contributed by atoms with Crippen molar-refractivity contribution in [1.29, 1.82) is 0 Å². The van der Waals surface area contributed by atoms with E-state index in [2.05, 4.69) is 31.3 Å². The zero-order chi connectivity index (χ0) is 51.5. The SMILES string of the molecule is CCCCCC/C=C/CC/C=C/C(O)C(COC1OC(CO)C(O)C(O)C1O)NC(=O)CCCCCCCCCCCCCCCCCCCCCCCCCCCCCCCCCCCCCCCC. The largest absolute Gasteiger partial charge is 0.394 e. The van der Waals surface area contributed by atoms with Crippen molar-refractivity contribution >= 4 is 5.91 Å². The zero-order valence-electron chi connectivity index (χ0n) is 46.8. The van der Waals surface area contributed by atoms with E-state index in [1.165, 1.54) is 250 Å². The van der Waals surface area contributed by atoms with Crippen molar-refractivity contribution in [3.8, 4) is 0 Å². The van der Waals surface area contributed by atoms with Crippen molar-refractivity contribution < 1.29 is 39.8 Å². The second-order valence-electron chi connectivity index (χ2n) is 21.9. The maximum absolute atomic E-state index is 13.0. The van der Waals surface area contributed by atoms with E-state index < -0.39 is 49.5 Å². The fourth-order valence-electron chi connectivity index (χ4n) is 10.1. The van der Waals surface area contributed by atoms with Gasteiger partial charge in [0.05, 0.1) is 25.4 Å². The number of aliphatic hydroxyl groups is 5. The van der Waals surface area contributed by atoms with Crippen LogP contribution in [0.2, 0.25) is 0 Å². The highest BCUT2D eigenvalue weighted by Gasteiger charge is 2.44. The minimum atomic E-state index is -1.57. The van der Waals surface area contributed by atoms with Gasteiger partial charge in [-0.15, -0.1) is 0 Å². The van der Waals surface area contributed by atoms with Crippen molar-refractivity contribution in [2.24, 2.45) is 0 Å². The molecule has 1 aliphatic rings. The molecule has 7 atom stereocenters. The standard InChI is InChI=1S/C62H119NO8/c1-3-5-7-9-11-13-15-16-17-18-19-20-21-22-23-24-25-26-27-28-29-30-31-32-33-34-35-36-37-38-39-40-41-42-44-46-48-50-52-58(66)63-55(54-70-62-61(69)60(68)59(67)57(53-64)71-62)56(65)51-49-47-45-43-14-12-10-8-6-4-2/h14,43,49,51,55-57,59-62,64-65,67-69H,3-13,15-42,44-48,50,52-54H2,1-2H3,(H,63,66)/b43-14+,51-49+. The van der Waals surface area contributed by atoms with Crippen LogP contribution in [0.4, 0.5) is 0 Å². The summed E-state index contributed by atoms with van der Waals surface area (Å²) in [4.78, 5) is 13.0. The third-order valence-electron chi connectivity index (χ3n) is 15.0. The van der Waals surface area contributed by atoms with Crippen LogP contribution in [0.15, 0.2) is 24.3 Å². The second-order valence-corrected chi connectivity index (χ2v) is 21.9. The van der Waals surface area contributed by atoms with Crippen LogP contribution in [0, 0.1) is 0 Å². The van der Waals surface area contributed by atoms with E-state index in [0.717, 1.165) is 38.5 Å². The summed E-state index contributed by atoms with van der Waals surface area (Å²) in [5.41, 5.74) is 0. The fraction of sp³-hybridized carbons (Fsp3) is 0.919. The monoisotopic (exact) mass is 1010 g/mol. The lowest BCUT2D eigenvalue weighted by atomic mass is 9.99. The van der Waals surface area contributed by atoms with Crippen LogP contribution in [0.1, 0.15) is 309 Å². The molecule has 71 heavy (non-hydrogen) atoms. The molecule has 0 aromatic heterocycles. The third kappa shape index (κ3) is 41.6. The van der Waals surface area contributed by atoms with Crippen LogP contribution in [-0.4, -0.2) is 87.5 Å². The van der Waals surface area contributed by atoms with E-state index in [4.69, 9.17) is 9.47 Å². The lowest BCUT2D eigenvalue weighted by Crippen LogP contribution is -2.60. The molecule has 0 bridgehead atoms. The molecule has 1 amide bonds. The molecule has 0 saturated carbocycles. The predicted octanol–water partition coefficient (Wildman–Crippen LogP) is 15.7. The molecular weight excluding hydrogens is 887 g/mol. The first-order valence-corrected chi connectivity index (χ1v) is 31.1. The van der Waals surface area contributed by atoms with Gasteiger partial charge in [0.1, 0.15) is 24.4 Å². The number of amides is 1. The van der Waals surface area contributed by atoms with Crippen LogP contribution < -0.4 is 5.32 Å². The van der Waals surface area contributed by atoms with Gasteiger partial charge in [-0.3, -0.25) is 4.79 Å². The number of carbonyl (C=O) groups is 1. The van der Waals surface area contributed by atoms with Gasteiger partial charge in [0.15, 0.2) is 6.29 Å². The smallest absolute Gasteiger partial charge is 0.220 e. The molecule has 9 heteroatoms. The van der Waals surface area contributed by atoms with Crippen LogP contribution >= 0.6 is 0 Å². The fourth-order valence-corrected chi connectivity index (χ4v) is 10.1. The Balaban J connectivity index is 1.99. The Labute approximate surface area is 439 Å². The lowest BCUT2D eigenvalue weighted by molar-refractivity contribution is -0.302. The molecule has 0 aromatic rings. The lowest BCUT2D eigenvalue weighted by Gasteiger charge is -2.40. The Hall–Kier alpha value is -1.33. The van der Waals surface area contributed by atoms with Gasteiger partial charge >= 0.3 is 0 Å². The van der Waals surface area contributed by atoms with Gasteiger partial charge in [-0.2, -0.15) is 0 Å². The van der Waals surface area contributed by atoms with Crippen LogP contribution in [0.25, 0.3) is 0 Å². The number of hydrogen-bond donors (Lipinski definition) is 6. The van der Waals surface area contributed by atoms with Gasteiger partial charge in [0.25, 0.3) is 0 Å². The number of rotatable bonds is 54. The number of allylic oxidation sites excluding steroid dienone is 3. The molecule has 0 aliphatic carbocycles. The highest BCUT2D eigenvalue weighted by molar-refractivity contribution is 5.76. The first kappa shape index (κ1) is 67.7. The maximum atomic E-state index is 13.0. The van der Waals surface area contributed by atoms with E-state index >= 15 is 0 Å². The van der Waals surface area contributed by atoms with Crippen molar-refractivity contribution in [2.45, 2.75) is 352 Å². The van der Waals surface area contributed by atoms with E-state index in [-0.39, 0.29) is 12.5 Å². The number of nitrogens with one attached hydrogen (secondary N) is 1. The number of ether oxygens (including phenoxy) is 2. The van der Waals surface area contributed by atoms with Gasteiger partial charge in [-0.05, 0) is 32.1 Å². The van der Waals surface area contributed by atoms with Gasteiger partial charge < -0.3 is 40.3 Å². The van der Waals surface area contributed by atoms with E-state index in [1.54, 1.807) is 6.08 Å². The number of carbonyl (C=O) groups excluding carboxylic acids is 1. The Morgan fingerprint density at radius 2 is 0.803 bits per heavy atom. The molecular formula is C62H119NO8. The molecule has 420 valence electrons. The van der Waals surface area contributed by atoms with Crippen LogP contribution in [-0.2, 0) is 14.3 Å². The molecule has 9 nitrogen and oxygen atoms in total. The quantitative estimate of drug-likeness (QED) is 0.0261. The normalized spacial score (nSPS) is 19.3. The Morgan fingerprint density at radius 1 is 0.465 bits per heavy atom. The Kier molecular flexibility index (Phi) is 49.7. The predicted molar refractivity (Wildman–Crippen MR) is 300 cm³/mol. The molecule has 1 rings (SSSR count). The summed E-state index contributed by atoms with van der Waals surface area (Å²) in [5.74, 6) is -0.183. The van der Waals surface area contributed by atoms with Crippen molar-refractivity contribution in [3.05, 3.63) is 24.3 Å². The summed E-state index contributed by atoms with van der Waals surface area (Å²) in [5, 5.41) is 54.2. The first-order valence-electron chi connectivity index (χ1n) is 31.1. The Morgan fingerprint density at radius 3 is 1.18 bits per heavy atom. The minimum absolute atomic E-state index is 0.183. The summed E-state index contributed by atoms with van der Waals surface area (Å²) in [6.07, 6.45) is 60.3. The summed E-state index contributed by atoms with van der Waals surface area (Å²) in [6, 6.07) is -0.817. The van der Waals surface area contributed by atoms with E-state index in [1.807, 2.05) is 6.08 Å². The molecule has 1 aliphatic heterocycles. The Bertz CT molecular complexity index is 1170. The highest BCUT2D eigenvalue weighted by Crippen LogP contribution is 2.23. The summed E-state index contributed by atoms with van der Waals surface area (Å²) >= 11 is 0. The van der Waals surface area contributed by atoms with Crippen LogP contribution in [0.5, 0.6) is 0 Å².